The number of aromatic nitrogens is 2. The van der Waals surface area contributed by atoms with Gasteiger partial charge >= 0.3 is 0 Å². The van der Waals surface area contributed by atoms with E-state index in [2.05, 4.69) is 15.5 Å². The van der Waals surface area contributed by atoms with E-state index in [1.165, 1.54) is 18.3 Å². The molecule has 0 aliphatic rings. The lowest BCUT2D eigenvalue weighted by Crippen LogP contribution is -2.24. The molecule has 0 aromatic carbocycles. The first-order valence-electron chi connectivity index (χ1n) is 5.40. The van der Waals surface area contributed by atoms with Gasteiger partial charge in [-0.05, 0) is 26.0 Å². The number of nitrogens with one attached hydrogen (secondary N) is 1. The standard InChI is InChI=1S/C12H12FN3O2/c1-7-10(8(2)18-16-7)6-15-12(17)9-4-3-5-14-11(9)13/h3-5H,6H2,1-2H3,(H,15,17). The van der Waals surface area contributed by atoms with Crippen molar-refractivity contribution in [2.24, 2.45) is 0 Å². The average molecular weight is 249 g/mol. The second kappa shape index (κ2) is 4.95. The Balaban J connectivity index is 2.08. The third-order valence-electron chi connectivity index (χ3n) is 2.61. The van der Waals surface area contributed by atoms with E-state index in [1.807, 2.05) is 0 Å². The predicted octanol–water partition coefficient (Wildman–Crippen LogP) is 1.76. The molecule has 0 bridgehead atoms. The highest BCUT2D eigenvalue weighted by molar-refractivity contribution is 5.94. The molecule has 5 nitrogen and oxygen atoms in total. The maximum absolute atomic E-state index is 13.3. The van der Waals surface area contributed by atoms with Gasteiger partial charge in [-0.2, -0.15) is 4.39 Å². The molecule has 0 aliphatic heterocycles. The minimum atomic E-state index is -0.784. The van der Waals surface area contributed by atoms with E-state index in [4.69, 9.17) is 4.52 Å². The number of amides is 1. The molecular weight excluding hydrogens is 237 g/mol. The van der Waals surface area contributed by atoms with Gasteiger partial charge in [0, 0.05) is 18.3 Å². The van der Waals surface area contributed by atoms with Crippen LogP contribution in [-0.2, 0) is 6.54 Å². The second-order valence-corrected chi connectivity index (χ2v) is 3.83. The summed E-state index contributed by atoms with van der Waals surface area (Å²) in [5.41, 5.74) is 1.43. The normalized spacial score (nSPS) is 10.4. The molecule has 2 aromatic heterocycles. The van der Waals surface area contributed by atoms with E-state index in [0.717, 1.165) is 5.56 Å². The zero-order valence-corrected chi connectivity index (χ0v) is 10.0. The minimum Gasteiger partial charge on any atom is -0.361 e. The highest BCUT2D eigenvalue weighted by Gasteiger charge is 2.14. The molecule has 0 radical (unpaired) electrons. The Kier molecular flexibility index (Phi) is 3.36. The summed E-state index contributed by atoms with van der Waals surface area (Å²) in [7, 11) is 0. The van der Waals surface area contributed by atoms with Crippen molar-refractivity contribution in [1.29, 1.82) is 0 Å². The van der Waals surface area contributed by atoms with Crippen molar-refractivity contribution in [3.8, 4) is 0 Å². The number of aryl methyl sites for hydroxylation is 2. The predicted molar refractivity (Wildman–Crippen MR) is 61.3 cm³/mol. The molecule has 2 heterocycles. The van der Waals surface area contributed by atoms with E-state index in [9.17, 15) is 9.18 Å². The molecule has 0 unspecified atom stereocenters. The van der Waals surface area contributed by atoms with E-state index in [-0.39, 0.29) is 12.1 Å². The Bertz CT molecular complexity index is 561. The second-order valence-electron chi connectivity index (χ2n) is 3.83. The zero-order chi connectivity index (χ0) is 13.1. The lowest BCUT2D eigenvalue weighted by molar-refractivity contribution is 0.0946. The third kappa shape index (κ3) is 2.37. The van der Waals surface area contributed by atoms with E-state index >= 15 is 0 Å². The van der Waals surface area contributed by atoms with Crippen LogP contribution in [0.1, 0.15) is 27.4 Å². The van der Waals surface area contributed by atoms with Crippen LogP contribution < -0.4 is 5.32 Å². The van der Waals surface area contributed by atoms with Crippen molar-refractivity contribution < 1.29 is 13.7 Å². The van der Waals surface area contributed by atoms with Crippen molar-refractivity contribution in [3.05, 3.63) is 46.9 Å². The number of nitrogens with zero attached hydrogens (tertiary/aromatic N) is 2. The number of carbonyl (C=O) groups is 1. The summed E-state index contributed by atoms with van der Waals surface area (Å²) in [4.78, 5) is 15.2. The van der Waals surface area contributed by atoms with Gasteiger partial charge in [0.15, 0.2) is 0 Å². The Labute approximate surface area is 103 Å². The molecule has 0 aliphatic carbocycles. The van der Waals surface area contributed by atoms with Crippen LogP contribution in [0.3, 0.4) is 0 Å². The van der Waals surface area contributed by atoms with Crippen LogP contribution in [-0.4, -0.2) is 16.0 Å². The van der Waals surface area contributed by atoms with Crippen molar-refractivity contribution in [2.45, 2.75) is 20.4 Å². The summed E-state index contributed by atoms with van der Waals surface area (Å²) in [6, 6.07) is 2.89. The van der Waals surface area contributed by atoms with Gasteiger partial charge in [-0.15, -0.1) is 0 Å². The number of hydrogen-bond acceptors (Lipinski definition) is 4. The lowest BCUT2D eigenvalue weighted by Gasteiger charge is -2.05. The summed E-state index contributed by atoms with van der Waals surface area (Å²) >= 11 is 0. The van der Waals surface area contributed by atoms with Crippen molar-refractivity contribution >= 4 is 5.91 Å². The van der Waals surface area contributed by atoms with E-state index < -0.39 is 11.9 Å². The van der Waals surface area contributed by atoms with Crippen LogP contribution in [0.4, 0.5) is 4.39 Å². The molecule has 0 saturated carbocycles. The molecule has 18 heavy (non-hydrogen) atoms. The van der Waals surface area contributed by atoms with Crippen LogP contribution in [0.25, 0.3) is 0 Å². The van der Waals surface area contributed by atoms with Gasteiger partial charge in [-0.1, -0.05) is 5.16 Å². The average Bonchev–Trinajstić information content (AvgIpc) is 2.67. The van der Waals surface area contributed by atoms with E-state index in [1.54, 1.807) is 13.8 Å². The fourth-order valence-corrected chi connectivity index (χ4v) is 1.57. The lowest BCUT2D eigenvalue weighted by atomic mass is 10.2. The van der Waals surface area contributed by atoms with Gasteiger partial charge in [0.2, 0.25) is 5.95 Å². The summed E-state index contributed by atoms with van der Waals surface area (Å²) < 4.78 is 18.2. The first-order valence-corrected chi connectivity index (χ1v) is 5.40. The topological polar surface area (TPSA) is 68.0 Å². The van der Waals surface area contributed by atoms with Crippen molar-refractivity contribution in [1.82, 2.24) is 15.5 Å². The zero-order valence-electron chi connectivity index (χ0n) is 10.0. The molecule has 0 atom stereocenters. The van der Waals surface area contributed by atoms with Gasteiger partial charge < -0.3 is 9.84 Å². The number of pyridine rings is 1. The highest BCUT2D eigenvalue weighted by Crippen LogP contribution is 2.12. The van der Waals surface area contributed by atoms with Gasteiger partial charge in [0.1, 0.15) is 5.76 Å². The Morgan fingerprint density at radius 1 is 1.50 bits per heavy atom. The maximum Gasteiger partial charge on any atom is 0.256 e. The van der Waals surface area contributed by atoms with Gasteiger partial charge in [-0.3, -0.25) is 4.79 Å². The largest absolute Gasteiger partial charge is 0.361 e. The first kappa shape index (κ1) is 12.2. The summed E-state index contributed by atoms with van der Waals surface area (Å²) in [5, 5.41) is 6.38. The molecule has 2 rings (SSSR count). The Morgan fingerprint density at radius 3 is 2.89 bits per heavy atom. The number of carbonyl (C=O) groups excluding carboxylic acids is 1. The van der Waals surface area contributed by atoms with Crippen LogP contribution in [0.5, 0.6) is 0 Å². The smallest absolute Gasteiger partial charge is 0.256 e. The third-order valence-corrected chi connectivity index (χ3v) is 2.61. The van der Waals surface area contributed by atoms with Crippen LogP contribution in [0.15, 0.2) is 22.9 Å². The van der Waals surface area contributed by atoms with Crippen molar-refractivity contribution in [2.75, 3.05) is 0 Å². The summed E-state index contributed by atoms with van der Waals surface area (Å²) in [6.07, 6.45) is 1.29. The van der Waals surface area contributed by atoms with E-state index in [0.29, 0.717) is 11.5 Å². The molecule has 6 heteroatoms. The Hall–Kier alpha value is -2.24. The molecular formula is C12H12FN3O2. The van der Waals surface area contributed by atoms with Gasteiger partial charge in [0.25, 0.3) is 5.91 Å². The van der Waals surface area contributed by atoms with Gasteiger partial charge in [0.05, 0.1) is 11.3 Å². The van der Waals surface area contributed by atoms with Gasteiger partial charge in [-0.25, -0.2) is 4.98 Å². The number of halogens is 1. The summed E-state index contributed by atoms with van der Waals surface area (Å²) in [6.45, 7) is 3.78. The minimum absolute atomic E-state index is 0.0794. The molecule has 0 spiro atoms. The summed E-state index contributed by atoms with van der Waals surface area (Å²) in [5.74, 6) is -0.658. The van der Waals surface area contributed by atoms with Crippen LogP contribution >= 0.6 is 0 Å². The molecule has 1 N–H and O–H groups in total. The van der Waals surface area contributed by atoms with Crippen LogP contribution in [0, 0.1) is 19.8 Å². The monoisotopic (exact) mass is 249 g/mol. The fourth-order valence-electron chi connectivity index (χ4n) is 1.57. The molecule has 2 aromatic rings. The van der Waals surface area contributed by atoms with Crippen molar-refractivity contribution in [3.63, 3.8) is 0 Å². The van der Waals surface area contributed by atoms with Crippen LogP contribution in [0.2, 0.25) is 0 Å². The maximum atomic E-state index is 13.3. The molecule has 1 amide bonds. The fraction of sp³-hybridized carbons (Fsp3) is 0.250. The highest BCUT2D eigenvalue weighted by atomic mass is 19.1. The number of rotatable bonds is 3. The SMILES string of the molecule is Cc1noc(C)c1CNC(=O)c1cccnc1F. The molecule has 94 valence electrons. The quantitative estimate of drug-likeness (QED) is 0.841. The number of hydrogen-bond donors (Lipinski definition) is 1. The first-order chi connectivity index (χ1) is 8.59. The Morgan fingerprint density at radius 2 is 2.28 bits per heavy atom. The molecule has 0 fully saturated rings. The molecule has 0 saturated heterocycles.